The molecule has 5 heteroatoms. The molecule has 0 saturated carbocycles. The van der Waals surface area contributed by atoms with Gasteiger partial charge in [0.05, 0.1) is 5.69 Å². The number of unbranched alkanes of at least 4 members (excludes halogenated alkanes) is 1. The van der Waals surface area contributed by atoms with E-state index in [1.54, 1.807) is 4.68 Å². The van der Waals surface area contributed by atoms with Crippen molar-refractivity contribution in [2.45, 2.75) is 66.6 Å². The van der Waals surface area contributed by atoms with Crippen molar-refractivity contribution in [1.82, 2.24) is 20.4 Å². The minimum absolute atomic E-state index is 0.0346. The van der Waals surface area contributed by atoms with E-state index < -0.39 is 0 Å². The number of nitrogens with one attached hydrogen (secondary N) is 2. The van der Waals surface area contributed by atoms with Gasteiger partial charge in [-0.3, -0.25) is 9.48 Å². The summed E-state index contributed by atoms with van der Waals surface area (Å²) in [4.78, 5) is 11.8. The van der Waals surface area contributed by atoms with E-state index in [1.165, 1.54) is 5.56 Å². The summed E-state index contributed by atoms with van der Waals surface area (Å²) in [5.41, 5.74) is 3.26. The molecular formula is C15H28N4O. The molecular weight excluding hydrogens is 252 g/mol. The second kappa shape index (κ2) is 8.04. The van der Waals surface area contributed by atoms with Gasteiger partial charge in [-0.05, 0) is 20.3 Å². The van der Waals surface area contributed by atoms with Gasteiger partial charge in [0.2, 0.25) is 5.91 Å². The highest BCUT2D eigenvalue weighted by Gasteiger charge is 2.13. The maximum absolute atomic E-state index is 11.8. The van der Waals surface area contributed by atoms with Gasteiger partial charge in [0, 0.05) is 30.4 Å². The summed E-state index contributed by atoms with van der Waals surface area (Å²) >= 11 is 0. The van der Waals surface area contributed by atoms with E-state index in [0.29, 0.717) is 12.6 Å². The van der Waals surface area contributed by atoms with Crippen molar-refractivity contribution in [2.24, 2.45) is 0 Å². The van der Waals surface area contributed by atoms with E-state index in [2.05, 4.69) is 36.5 Å². The Bertz CT molecular complexity index is 437. The number of hydrogen-bond acceptors (Lipinski definition) is 3. The van der Waals surface area contributed by atoms with Gasteiger partial charge in [0.1, 0.15) is 6.54 Å². The maximum atomic E-state index is 11.8. The average Bonchev–Trinajstić information content (AvgIpc) is 2.62. The molecule has 0 aliphatic carbocycles. The van der Waals surface area contributed by atoms with E-state index in [9.17, 15) is 4.79 Å². The average molecular weight is 280 g/mol. The second-order valence-electron chi connectivity index (χ2n) is 5.55. The quantitative estimate of drug-likeness (QED) is 0.715. The Hall–Kier alpha value is -1.36. The van der Waals surface area contributed by atoms with Crippen LogP contribution in [-0.4, -0.2) is 28.3 Å². The topological polar surface area (TPSA) is 59.0 Å². The molecule has 0 bridgehead atoms. The van der Waals surface area contributed by atoms with Crippen LogP contribution in [0.4, 0.5) is 0 Å². The van der Waals surface area contributed by atoms with Gasteiger partial charge in [0.15, 0.2) is 0 Å². The predicted octanol–water partition coefficient (Wildman–Crippen LogP) is 1.91. The van der Waals surface area contributed by atoms with Crippen LogP contribution in [0.1, 0.15) is 50.6 Å². The summed E-state index contributed by atoms with van der Waals surface area (Å²) < 4.78 is 1.80. The van der Waals surface area contributed by atoms with Crippen LogP contribution >= 0.6 is 0 Å². The summed E-state index contributed by atoms with van der Waals surface area (Å²) in [5, 5.41) is 10.8. The normalized spacial score (nSPS) is 11.1. The lowest BCUT2D eigenvalue weighted by Crippen LogP contribution is -2.29. The Labute approximate surface area is 122 Å². The first kappa shape index (κ1) is 16.7. The van der Waals surface area contributed by atoms with Gasteiger partial charge in [-0.15, -0.1) is 0 Å². The molecule has 114 valence electrons. The number of hydrogen-bond donors (Lipinski definition) is 2. The SMILES string of the molecule is CCCCNC(=O)Cn1nc(C)c(CNC(C)C)c1C. The van der Waals surface area contributed by atoms with Crippen molar-refractivity contribution in [1.29, 1.82) is 0 Å². The smallest absolute Gasteiger partial charge is 0.241 e. The Morgan fingerprint density at radius 1 is 1.35 bits per heavy atom. The first-order valence-electron chi connectivity index (χ1n) is 7.48. The van der Waals surface area contributed by atoms with Crippen LogP contribution in [-0.2, 0) is 17.9 Å². The van der Waals surface area contributed by atoms with Gasteiger partial charge in [-0.1, -0.05) is 27.2 Å². The molecule has 0 aliphatic rings. The molecule has 0 atom stereocenters. The van der Waals surface area contributed by atoms with Crippen LogP contribution in [0.25, 0.3) is 0 Å². The van der Waals surface area contributed by atoms with E-state index >= 15 is 0 Å². The summed E-state index contributed by atoms with van der Waals surface area (Å²) in [6.45, 7) is 12.2. The standard InChI is InChI=1S/C15H28N4O/c1-6-7-8-16-15(20)10-19-13(5)14(12(4)18-19)9-17-11(2)3/h11,17H,6-10H2,1-5H3,(H,16,20). The van der Waals surface area contributed by atoms with Gasteiger partial charge in [-0.2, -0.15) is 5.10 Å². The molecule has 2 N–H and O–H groups in total. The van der Waals surface area contributed by atoms with Crippen LogP contribution in [0, 0.1) is 13.8 Å². The predicted molar refractivity (Wildman–Crippen MR) is 81.6 cm³/mol. The molecule has 1 amide bonds. The Morgan fingerprint density at radius 2 is 2.05 bits per heavy atom. The minimum atomic E-state index is 0.0346. The molecule has 0 saturated heterocycles. The molecule has 0 aromatic carbocycles. The van der Waals surface area contributed by atoms with Crippen LogP contribution < -0.4 is 10.6 Å². The number of nitrogens with zero attached hydrogens (tertiary/aromatic N) is 2. The molecule has 0 fully saturated rings. The fraction of sp³-hybridized carbons (Fsp3) is 0.733. The molecule has 0 radical (unpaired) electrons. The monoisotopic (exact) mass is 280 g/mol. The van der Waals surface area contributed by atoms with Crippen LogP contribution in [0.5, 0.6) is 0 Å². The Morgan fingerprint density at radius 3 is 2.65 bits per heavy atom. The van der Waals surface area contributed by atoms with Crippen molar-refractivity contribution in [3.63, 3.8) is 0 Å². The number of aromatic nitrogens is 2. The number of amides is 1. The van der Waals surface area contributed by atoms with Crippen molar-refractivity contribution < 1.29 is 4.79 Å². The number of aryl methyl sites for hydroxylation is 1. The summed E-state index contributed by atoms with van der Waals surface area (Å²) in [6.07, 6.45) is 2.11. The molecule has 0 aliphatic heterocycles. The molecule has 1 rings (SSSR count). The Kier molecular flexibility index (Phi) is 6.71. The van der Waals surface area contributed by atoms with Crippen molar-refractivity contribution in [3.8, 4) is 0 Å². The second-order valence-corrected chi connectivity index (χ2v) is 5.55. The zero-order chi connectivity index (χ0) is 15.1. The fourth-order valence-electron chi connectivity index (χ4n) is 2.05. The first-order chi connectivity index (χ1) is 9.45. The zero-order valence-corrected chi connectivity index (χ0v) is 13.4. The molecule has 1 aromatic rings. The van der Waals surface area contributed by atoms with E-state index in [-0.39, 0.29) is 5.91 Å². The fourth-order valence-corrected chi connectivity index (χ4v) is 2.05. The molecule has 0 spiro atoms. The lowest BCUT2D eigenvalue weighted by Gasteiger charge is -2.09. The van der Waals surface area contributed by atoms with Gasteiger partial charge < -0.3 is 10.6 Å². The third-order valence-electron chi connectivity index (χ3n) is 3.36. The molecule has 1 aromatic heterocycles. The third kappa shape index (κ3) is 4.96. The maximum Gasteiger partial charge on any atom is 0.241 e. The number of carbonyl (C=O) groups excluding carboxylic acids is 1. The third-order valence-corrected chi connectivity index (χ3v) is 3.36. The highest BCUT2D eigenvalue weighted by Crippen LogP contribution is 2.12. The number of rotatable bonds is 8. The number of carbonyl (C=O) groups is 1. The Balaban J connectivity index is 2.62. The lowest BCUT2D eigenvalue weighted by atomic mass is 10.2. The highest BCUT2D eigenvalue weighted by atomic mass is 16.2. The summed E-state index contributed by atoms with van der Waals surface area (Å²) in [6, 6.07) is 0.439. The van der Waals surface area contributed by atoms with Gasteiger partial charge >= 0.3 is 0 Å². The van der Waals surface area contributed by atoms with Gasteiger partial charge in [-0.25, -0.2) is 0 Å². The highest BCUT2D eigenvalue weighted by molar-refractivity contribution is 5.75. The van der Waals surface area contributed by atoms with Crippen molar-refractivity contribution in [3.05, 3.63) is 17.0 Å². The molecule has 5 nitrogen and oxygen atoms in total. The van der Waals surface area contributed by atoms with Crippen LogP contribution in [0.2, 0.25) is 0 Å². The van der Waals surface area contributed by atoms with Crippen LogP contribution in [0.15, 0.2) is 0 Å². The molecule has 0 unspecified atom stereocenters. The minimum Gasteiger partial charge on any atom is -0.354 e. The van der Waals surface area contributed by atoms with Crippen molar-refractivity contribution in [2.75, 3.05) is 6.54 Å². The zero-order valence-electron chi connectivity index (χ0n) is 13.4. The summed E-state index contributed by atoms with van der Waals surface area (Å²) in [7, 11) is 0. The van der Waals surface area contributed by atoms with E-state index in [1.807, 2.05) is 13.8 Å². The van der Waals surface area contributed by atoms with Crippen molar-refractivity contribution >= 4 is 5.91 Å². The first-order valence-corrected chi connectivity index (χ1v) is 7.48. The van der Waals surface area contributed by atoms with E-state index in [4.69, 9.17) is 0 Å². The molecule has 1 heterocycles. The van der Waals surface area contributed by atoms with Crippen LogP contribution in [0.3, 0.4) is 0 Å². The molecule has 20 heavy (non-hydrogen) atoms. The lowest BCUT2D eigenvalue weighted by molar-refractivity contribution is -0.121. The largest absolute Gasteiger partial charge is 0.354 e. The van der Waals surface area contributed by atoms with Gasteiger partial charge in [0.25, 0.3) is 0 Å². The van der Waals surface area contributed by atoms with E-state index in [0.717, 1.165) is 37.3 Å². The summed E-state index contributed by atoms with van der Waals surface area (Å²) in [5.74, 6) is 0.0346.